The van der Waals surface area contributed by atoms with Crippen LogP contribution in [0.5, 0.6) is 5.75 Å². The van der Waals surface area contributed by atoms with Crippen molar-refractivity contribution >= 4 is 51.3 Å². The topological polar surface area (TPSA) is 77.8 Å². The molecule has 0 unspecified atom stereocenters. The van der Waals surface area contributed by atoms with Crippen LogP contribution in [0.4, 0.5) is 5.69 Å². The van der Waals surface area contributed by atoms with Crippen molar-refractivity contribution in [3.8, 4) is 5.75 Å². The van der Waals surface area contributed by atoms with Crippen LogP contribution in [0.2, 0.25) is 0 Å². The zero-order valence-electron chi connectivity index (χ0n) is 13.5. The molecule has 0 spiro atoms. The number of benzene rings is 2. The van der Waals surface area contributed by atoms with E-state index in [-0.39, 0.29) is 22.5 Å². The second-order valence-electron chi connectivity index (χ2n) is 6.11. The van der Waals surface area contributed by atoms with E-state index in [1.807, 2.05) is 24.3 Å². The highest BCUT2D eigenvalue weighted by Crippen LogP contribution is 2.45. The molecular formula is C19H14ClNO4S. The molecular weight excluding hydrogens is 374 g/mol. The van der Waals surface area contributed by atoms with Gasteiger partial charge in [0.25, 0.3) is 5.91 Å². The standard InChI is InChI=1S/C19H14ClNO4S/c20-8-10-9-21(18(23)15-5-6-16(26-15)19(24)25)13-7-14(22)11-3-1-2-4-12(11)17(10)13/h1-7,10,22H,8-9H2,(H,24,25)/t10-/m0/s1. The molecule has 5 nitrogen and oxygen atoms in total. The molecule has 132 valence electrons. The Kier molecular flexibility index (Phi) is 4.09. The van der Waals surface area contributed by atoms with E-state index in [1.165, 1.54) is 12.1 Å². The minimum Gasteiger partial charge on any atom is -0.507 e. The molecule has 2 N–H and O–H groups in total. The van der Waals surface area contributed by atoms with Crippen LogP contribution in [0, 0.1) is 0 Å². The molecule has 0 saturated heterocycles. The van der Waals surface area contributed by atoms with Gasteiger partial charge in [0.2, 0.25) is 0 Å². The van der Waals surface area contributed by atoms with Gasteiger partial charge in [0.1, 0.15) is 10.6 Å². The lowest BCUT2D eigenvalue weighted by molar-refractivity contribution is 0.0702. The molecule has 1 atom stereocenters. The molecule has 1 aliphatic rings. The Morgan fingerprint density at radius 3 is 2.50 bits per heavy atom. The molecule has 2 heterocycles. The van der Waals surface area contributed by atoms with Gasteiger partial charge in [0.15, 0.2) is 0 Å². The third-order valence-electron chi connectivity index (χ3n) is 4.60. The average Bonchev–Trinajstić information content (AvgIpc) is 3.26. The van der Waals surface area contributed by atoms with E-state index >= 15 is 0 Å². The highest BCUT2D eigenvalue weighted by Gasteiger charge is 2.35. The largest absolute Gasteiger partial charge is 0.507 e. The smallest absolute Gasteiger partial charge is 0.345 e. The normalized spacial score (nSPS) is 16.0. The van der Waals surface area contributed by atoms with Gasteiger partial charge in [-0.25, -0.2) is 4.79 Å². The van der Waals surface area contributed by atoms with Crippen molar-refractivity contribution < 1.29 is 19.8 Å². The number of aromatic hydroxyl groups is 1. The van der Waals surface area contributed by atoms with Crippen molar-refractivity contribution in [1.82, 2.24) is 0 Å². The van der Waals surface area contributed by atoms with Crippen LogP contribution in [0.25, 0.3) is 10.8 Å². The monoisotopic (exact) mass is 387 g/mol. The second-order valence-corrected chi connectivity index (χ2v) is 7.50. The zero-order valence-corrected chi connectivity index (χ0v) is 15.0. The molecule has 1 aliphatic heterocycles. The number of fused-ring (bicyclic) bond motifs is 3. The fraction of sp³-hybridized carbons (Fsp3) is 0.158. The number of amides is 1. The van der Waals surface area contributed by atoms with Crippen molar-refractivity contribution in [1.29, 1.82) is 0 Å². The van der Waals surface area contributed by atoms with Gasteiger partial charge in [0, 0.05) is 29.8 Å². The minimum absolute atomic E-state index is 0.0555. The first-order chi connectivity index (χ1) is 12.5. The van der Waals surface area contributed by atoms with Crippen LogP contribution in [-0.2, 0) is 0 Å². The lowest BCUT2D eigenvalue weighted by Gasteiger charge is -2.17. The third-order valence-corrected chi connectivity index (χ3v) is 6.04. The summed E-state index contributed by atoms with van der Waals surface area (Å²) >= 11 is 7.10. The van der Waals surface area contributed by atoms with Crippen LogP contribution >= 0.6 is 22.9 Å². The number of carboxylic acid groups (broad SMARTS) is 1. The lowest BCUT2D eigenvalue weighted by atomic mass is 9.95. The number of anilines is 1. The molecule has 3 aromatic rings. The SMILES string of the molecule is O=C(O)c1ccc(C(=O)N2C[C@H](CCl)c3c2cc(O)c2ccccc32)s1. The van der Waals surface area contributed by atoms with Gasteiger partial charge in [-0.1, -0.05) is 24.3 Å². The van der Waals surface area contributed by atoms with Crippen molar-refractivity contribution in [3.05, 3.63) is 57.8 Å². The molecule has 0 radical (unpaired) electrons. The number of carbonyl (C=O) groups excluding carboxylic acids is 1. The summed E-state index contributed by atoms with van der Waals surface area (Å²) in [7, 11) is 0. The number of phenolic OH excluding ortho intramolecular Hbond substituents is 1. The summed E-state index contributed by atoms with van der Waals surface area (Å²) in [6, 6.07) is 12.0. The number of thiophene rings is 1. The molecule has 0 aliphatic carbocycles. The maximum absolute atomic E-state index is 13.0. The predicted molar refractivity (Wildman–Crippen MR) is 102 cm³/mol. The Morgan fingerprint density at radius 2 is 1.85 bits per heavy atom. The maximum Gasteiger partial charge on any atom is 0.345 e. The quantitative estimate of drug-likeness (QED) is 0.657. The molecule has 0 bridgehead atoms. The van der Waals surface area contributed by atoms with E-state index < -0.39 is 5.97 Å². The van der Waals surface area contributed by atoms with Crippen molar-refractivity contribution in [2.45, 2.75) is 5.92 Å². The summed E-state index contributed by atoms with van der Waals surface area (Å²) in [6.45, 7) is 0.394. The van der Waals surface area contributed by atoms with Crippen molar-refractivity contribution in [2.24, 2.45) is 0 Å². The summed E-state index contributed by atoms with van der Waals surface area (Å²) < 4.78 is 0. The van der Waals surface area contributed by atoms with Gasteiger partial charge >= 0.3 is 5.97 Å². The molecule has 0 saturated carbocycles. The van der Waals surface area contributed by atoms with E-state index in [4.69, 9.17) is 16.7 Å². The summed E-state index contributed by atoms with van der Waals surface area (Å²) in [5, 5.41) is 21.1. The van der Waals surface area contributed by atoms with E-state index in [0.29, 0.717) is 23.0 Å². The number of alkyl halides is 1. The first kappa shape index (κ1) is 16.9. The number of carboxylic acids is 1. The molecule has 7 heteroatoms. The second kappa shape index (κ2) is 6.30. The number of aromatic carboxylic acids is 1. The van der Waals surface area contributed by atoms with E-state index in [2.05, 4.69) is 0 Å². The number of nitrogens with zero attached hydrogens (tertiary/aromatic N) is 1. The molecule has 26 heavy (non-hydrogen) atoms. The Hall–Kier alpha value is -2.57. The van der Waals surface area contributed by atoms with Gasteiger partial charge in [-0.05, 0) is 23.1 Å². The number of carbonyl (C=O) groups is 2. The van der Waals surface area contributed by atoms with Crippen molar-refractivity contribution in [3.63, 3.8) is 0 Å². The summed E-state index contributed by atoms with van der Waals surface area (Å²) in [5.74, 6) is -0.954. The highest BCUT2D eigenvalue weighted by atomic mass is 35.5. The van der Waals surface area contributed by atoms with E-state index in [9.17, 15) is 14.7 Å². The summed E-state index contributed by atoms with van der Waals surface area (Å²) in [5.41, 5.74) is 1.57. The predicted octanol–water partition coefficient (Wildman–Crippen LogP) is 4.29. The molecule has 0 fully saturated rings. The number of phenols is 1. The third kappa shape index (κ3) is 2.53. The van der Waals surface area contributed by atoms with Crippen molar-refractivity contribution in [2.75, 3.05) is 17.3 Å². The van der Waals surface area contributed by atoms with Crippen LogP contribution in [0.1, 0.15) is 30.8 Å². The number of rotatable bonds is 3. The zero-order chi connectivity index (χ0) is 18.4. The molecule has 2 aromatic carbocycles. The Labute approximate surface area is 158 Å². The Morgan fingerprint density at radius 1 is 1.15 bits per heavy atom. The van der Waals surface area contributed by atoms with Crippen LogP contribution < -0.4 is 4.90 Å². The first-order valence-electron chi connectivity index (χ1n) is 7.96. The van der Waals surface area contributed by atoms with Crippen LogP contribution in [-0.4, -0.2) is 34.5 Å². The first-order valence-corrected chi connectivity index (χ1v) is 9.32. The Bertz CT molecular complexity index is 1050. The highest BCUT2D eigenvalue weighted by molar-refractivity contribution is 7.16. The van der Waals surface area contributed by atoms with Gasteiger partial charge in [-0.3, -0.25) is 4.79 Å². The Balaban J connectivity index is 1.84. The fourth-order valence-electron chi connectivity index (χ4n) is 3.45. The van der Waals surface area contributed by atoms with Crippen LogP contribution in [0.3, 0.4) is 0 Å². The van der Waals surface area contributed by atoms with Gasteiger partial charge in [0.05, 0.1) is 10.6 Å². The molecule has 1 amide bonds. The van der Waals surface area contributed by atoms with E-state index in [0.717, 1.165) is 27.7 Å². The van der Waals surface area contributed by atoms with Gasteiger partial charge in [-0.2, -0.15) is 0 Å². The summed E-state index contributed by atoms with van der Waals surface area (Å²) in [6.07, 6.45) is 0. The maximum atomic E-state index is 13.0. The minimum atomic E-state index is -1.06. The lowest BCUT2D eigenvalue weighted by Crippen LogP contribution is -2.29. The van der Waals surface area contributed by atoms with Crippen LogP contribution in [0.15, 0.2) is 42.5 Å². The van der Waals surface area contributed by atoms with E-state index in [1.54, 1.807) is 11.0 Å². The average molecular weight is 388 g/mol. The van der Waals surface area contributed by atoms with Gasteiger partial charge in [-0.15, -0.1) is 22.9 Å². The van der Waals surface area contributed by atoms with Gasteiger partial charge < -0.3 is 15.1 Å². The molecule has 1 aromatic heterocycles. The summed E-state index contributed by atoms with van der Waals surface area (Å²) in [4.78, 5) is 26.1. The fourth-order valence-corrected chi connectivity index (χ4v) is 4.49. The number of halogens is 1. The number of hydrogen-bond acceptors (Lipinski definition) is 4. The molecule has 4 rings (SSSR count). The number of hydrogen-bond donors (Lipinski definition) is 2.